The van der Waals surface area contributed by atoms with Gasteiger partial charge in [-0.25, -0.2) is 4.39 Å². The highest BCUT2D eigenvalue weighted by Crippen LogP contribution is 2.26. The molecule has 0 aromatic carbocycles. The van der Waals surface area contributed by atoms with Crippen molar-refractivity contribution in [3.8, 4) is 0 Å². The number of carbonyl (C=O) groups excluding carboxylic acids is 1. The van der Waals surface area contributed by atoms with Crippen molar-refractivity contribution in [1.82, 2.24) is 0 Å². The second-order valence-corrected chi connectivity index (χ2v) is 3.88. The van der Waals surface area contributed by atoms with E-state index in [4.69, 9.17) is 0 Å². The molecular formula is C10H19FO. The Bertz CT molecular complexity index is 152. The van der Waals surface area contributed by atoms with E-state index in [1.807, 2.05) is 6.92 Å². The average molecular weight is 174 g/mol. The van der Waals surface area contributed by atoms with E-state index < -0.39 is 5.67 Å². The fraction of sp³-hybridized carbons (Fsp3) is 0.900. The highest BCUT2D eigenvalue weighted by molar-refractivity contribution is 5.77. The third-order valence-corrected chi connectivity index (χ3v) is 2.20. The molecule has 0 aromatic rings. The number of alkyl halides is 1. The van der Waals surface area contributed by atoms with Crippen LogP contribution in [0.3, 0.4) is 0 Å². The number of ketones is 1. The molecule has 2 heteroatoms. The van der Waals surface area contributed by atoms with Crippen molar-refractivity contribution in [2.45, 2.75) is 52.6 Å². The van der Waals surface area contributed by atoms with Gasteiger partial charge in [-0.05, 0) is 26.7 Å². The predicted octanol–water partition coefficient (Wildman–Crippen LogP) is 3.13. The van der Waals surface area contributed by atoms with E-state index in [9.17, 15) is 9.18 Å². The van der Waals surface area contributed by atoms with Crippen molar-refractivity contribution >= 4 is 5.78 Å². The van der Waals surface area contributed by atoms with Gasteiger partial charge >= 0.3 is 0 Å². The molecule has 0 spiro atoms. The van der Waals surface area contributed by atoms with Crippen molar-refractivity contribution in [2.24, 2.45) is 5.92 Å². The van der Waals surface area contributed by atoms with Crippen LogP contribution < -0.4 is 0 Å². The molecule has 0 radical (unpaired) electrons. The summed E-state index contributed by atoms with van der Waals surface area (Å²) in [6, 6.07) is 0. The molecular weight excluding hydrogens is 155 g/mol. The third kappa shape index (κ3) is 4.47. The van der Waals surface area contributed by atoms with Crippen molar-refractivity contribution in [2.75, 3.05) is 0 Å². The molecule has 0 saturated heterocycles. The van der Waals surface area contributed by atoms with Crippen LogP contribution in [0, 0.1) is 5.92 Å². The summed E-state index contributed by atoms with van der Waals surface area (Å²) in [6.45, 7) is 6.84. The molecule has 2 atom stereocenters. The van der Waals surface area contributed by atoms with Crippen LogP contribution in [0.1, 0.15) is 47.0 Å². The Labute approximate surface area is 74.4 Å². The van der Waals surface area contributed by atoms with Gasteiger partial charge in [0.15, 0.2) is 0 Å². The maximum Gasteiger partial charge on any atom is 0.132 e. The summed E-state index contributed by atoms with van der Waals surface area (Å²) in [5.74, 6) is -0.0680. The lowest BCUT2D eigenvalue weighted by Gasteiger charge is -2.22. The Kier molecular flexibility index (Phi) is 4.43. The van der Waals surface area contributed by atoms with Crippen LogP contribution >= 0.6 is 0 Å². The van der Waals surface area contributed by atoms with Crippen LogP contribution in [0.5, 0.6) is 0 Å². The van der Waals surface area contributed by atoms with Gasteiger partial charge in [-0.1, -0.05) is 20.3 Å². The topological polar surface area (TPSA) is 17.1 Å². The molecule has 0 saturated carbocycles. The minimum absolute atomic E-state index is 0.0787. The van der Waals surface area contributed by atoms with E-state index in [-0.39, 0.29) is 11.7 Å². The van der Waals surface area contributed by atoms with E-state index in [2.05, 4.69) is 0 Å². The Hall–Kier alpha value is -0.400. The zero-order chi connectivity index (χ0) is 9.78. The fourth-order valence-electron chi connectivity index (χ4n) is 1.41. The third-order valence-electron chi connectivity index (χ3n) is 2.20. The first-order valence-electron chi connectivity index (χ1n) is 4.58. The number of hydrogen-bond donors (Lipinski definition) is 0. The summed E-state index contributed by atoms with van der Waals surface area (Å²) in [5.41, 5.74) is -1.17. The molecule has 0 amide bonds. The molecule has 12 heavy (non-hydrogen) atoms. The maximum atomic E-state index is 13.5. The summed E-state index contributed by atoms with van der Waals surface area (Å²) < 4.78 is 13.5. The lowest BCUT2D eigenvalue weighted by molar-refractivity contribution is -0.121. The first-order valence-corrected chi connectivity index (χ1v) is 4.58. The van der Waals surface area contributed by atoms with Gasteiger partial charge in [-0.2, -0.15) is 0 Å². The average Bonchev–Trinajstić information content (AvgIpc) is 1.85. The fourth-order valence-corrected chi connectivity index (χ4v) is 1.41. The van der Waals surface area contributed by atoms with Crippen molar-refractivity contribution in [3.05, 3.63) is 0 Å². The number of Topliss-reactive ketones (excluding diaryl/α,β-unsaturated/α-hetero) is 1. The summed E-state index contributed by atoms with van der Waals surface area (Å²) in [5, 5.41) is 0. The van der Waals surface area contributed by atoms with Gasteiger partial charge in [0, 0.05) is 5.92 Å². The molecule has 1 nitrogen and oxygen atoms in total. The first-order chi connectivity index (χ1) is 5.39. The molecule has 0 aliphatic rings. The first kappa shape index (κ1) is 11.6. The maximum absolute atomic E-state index is 13.5. The molecule has 0 aliphatic carbocycles. The van der Waals surface area contributed by atoms with Crippen molar-refractivity contribution < 1.29 is 9.18 Å². The molecule has 0 aliphatic heterocycles. The molecule has 0 fully saturated rings. The number of halogens is 1. The Balaban J connectivity index is 3.95. The van der Waals surface area contributed by atoms with Gasteiger partial charge in [0.25, 0.3) is 0 Å². The van der Waals surface area contributed by atoms with Gasteiger partial charge in [0.2, 0.25) is 0 Å². The largest absolute Gasteiger partial charge is 0.300 e. The lowest BCUT2D eigenvalue weighted by Crippen LogP contribution is -2.24. The molecule has 0 heterocycles. The van der Waals surface area contributed by atoms with Crippen LogP contribution in [0.15, 0.2) is 0 Å². The van der Waals surface area contributed by atoms with E-state index in [1.54, 1.807) is 13.8 Å². The number of rotatable bonds is 5. The van der Waals surface area contributed by atoms with Crippen LogP contribution in [0.4, 0.5) is 4.39 Å². The summed E-state index contributed by atoms with van der Waals surface area (Å²) in [7, 11) is 0. The molecule has 0 N–H and O–H groups in total. The summed E-state index contributed by atoms with van der Waals surface area (Å²) >= 11 is 0. The van der Waals surface area contributed by atoms with E-state index in [0.29, 0.717) is 12.8 Å². The van der Waals surface area contributed by atoms with Crippen LogP contribution in [0.25, 0.3) is 0 Å². The van der Waals surface area contributed by atoms with E-state index in [1.165, 1.54) is 6.92 Å². The van der Waals surface area contributed by atoms with Crippen LogP contribution in [-0.4, -0.2) is 11.5 Å². The normalized spacial score (nSPS) is 18.4. The van der Waals surface area contributed by atoms with Gasteiger partial charge in [0.05, 0.1) is 0 Å². The minimum atomic E-state index is -1.17. The van der Waals surface area contributed by atoms with Gasteiger partial charge in [-0.15, -0.1) is 0 Å². The Morgan fingerprint density at radius 1 is 1.58 bits per heavy atom. The molecule has 72 valence electrons. The van der Waals surface area contributed by atoms with Crippen molar-refractivity contribution in [3.63, 3.8) is 0 Å². The van der Waals surface area contributed by atoms with Gasteiger partial charge in [-0.3, -0.25) is 4.79 Å². The highest BCUT2D eigenvalue weighted by Gasteiger charge is 2.26. The van der Waals surface area contributed by atoms with E-state index in [0.717, 1.165) is 6.42 Å². The standard InChI is InChI=1S/C10H19FO/c1-5-6-10(4,11)7-8(2)9(3)12/h8H,5-7H2,1-4H3/t8-,10?/m0/s1. The predicted molar refractivity (Wildman–Crippen MR) is 48.9 cm³/mol. The Morgan fingerprint density at radius 3 is 2.42 bits per heavy atom. The number of hydrogen-bond acceptors (Lipinski definition) is 1. The molecule has 0 bridgehead atoms. The van der Waals surface area contributed by atoms with E-state index >= 15 is 0 Å². The quantitative estimate of drug-likeness (QED) is 0.625. The molecule has 0 rings (SSSR count). The van der Waals surface area contributed by atoms with Crippen LogP contribution in [0.2, 0.25) is 0 Å². The minimum Gasteiger partial charge on any atom is -0.300 e. The Morgan fingerprint density at radius 2 is 2.08 bits per heavy atom. The second kappa shape index (κ2) is 4.58. The number of carbonyl (C=O) groups is 1. The zero-order valence-electron chi connectivity index (χ0n) is 8.48. The molecule has 1 unspecified atom stereocenters. The SMILES string of the molecule is CCCC(C)(F)C[C@H](C)C(C)=O. The highest BCUT2D eigenvalue weighted by atomic mass is 19.1. The molecule has 0 aromatic heterocycles. The monoisotopic (exact) mass is 174 g/mol. The second-order valence-electron chi connectivity index (χ2n) is 3.88. The smallest absolute Gasteiger partial charge is 0.132 e. The summed E-state index contributed by atoms with van der Waals surface area (Å²) in [6.07, 6.45) is 1.73. The van der Waals surface area contributed by atoms with Gasteiger partial charge < -0.3 is 0 Å². The lowest BCUT2D eigenvalue weighted by atomic mass is 9.89. The van der Waals surface area contributed by atoms with Crippen molar-refractivity contribution in [1.29, 1.82) is 0 Å². The summed E-state index contributed by atoms with van der Waals surface area (Å²) in [4.78, 5) is 10.9. The van der Waals surface area contributed by atoms with Crippen LogP contribution in [-0.2, 0) is 4.79 Å². The zero-order valence-corrected chi connectivity index (χ0v) is 8.48. The van der Waals surface area contributed by atoms with Gasteiger partial charge in [0.1, 0.15) is 11.5 Å².